The van der Waals surface area contributed by atoms with Crippen LogP contribution in [0, 0.1) is 0 Å². The number of aliphatic imine (C=N–C) groups is 1. The Labute approximate surface area is 165 Å². The van der Waals surface area contributed by atoms with E-state index in [-0.39, 0.29) is 29.7 Å². The molecule has 152 valence electrons. The number of alkyl halides is 2. The summed E-state index contributed by atoms with van der Waals surface area (Å²) in [5, 5.41) is 2.68. The van der Waals surface area contributed by atoms with E-state index >= 15 is 0 Å². The Hall–Kier alpha value is -3.56. The van der Waals surface area contributed by atoms with Crippen LogP contribution in [0.2, 0.25) is 0 Å². The minimum atomic E-state index is -2.97. The van der Waals surface area contributed by atoms with Gasteiger partial charge in [-0.1, -0.05) is 12.1 Å². The second-order valence-electron chi connectivity index (χ2n) is 6.67. The van der Waals surface area contributed by atoms with Crippen LogP contribution in [0.4, 0.5) is 14.5 Å². The topological polar surface area (TPSA) is 110 Å². The highest BCUT2D eigenvalue weighted by Gasteiger charge is 2.36. The molecule has 0 radical (unpaired) electrons. The summed E-state index contributed by atoms with van der Waals surface area (Å²) in [4.78, 5) is 34.1. The summed E-state index contributed by atoms with van der Waals surface area (Å²) in [6, 6.07) is 9.38. The summed E-state index contributed by atoms with van der Waals surface area (Å²) in [7, 11) is 1.56. The lowest BCUT2D eigenvalue weighted by Crippen LogP contribution is -2.47. The van der Waals surface area contributed by atoms with Crippen LogP contribution < -0.4 is 15.8 Å². The van der Waals surface area contributed by atoms with Crippen LogP contribution in [-0.2, 0) is 10.3 Å². The average Bonchev–Trinajstić information content (AvgIpc) is 2.66. The van der Waals surface area contributed by atoms with Crippen LogP contribution >= 0.6 is 0 Å². The maximum absolute atomic E-state index is 12.4. The van der Waals surface area contributed by atoms with E-state index in [2.05, 4.69) is 20.0 Å². The number of aromatic nitrogens is 1. The molecule has 0 spiro atoms. The number of nitrogens with two attached hydrogens (primary N) is 1. The number of halogens is 2. The lowest BCUT2D eigenvalue weighted by molar-refractivity contribution is -0.128. The van der Waals surface area contributed by atoms with Gasteiger partial charge in [0, 0.05) is 12.7 Å². The first kappa shape index (κ1) is 20.2. The van der Waals surface area contributed by atoms with Crippen molar-refractivity contribution >= 4 is 23.5 Å². The van der Waals surface area contributed by atoms with Crippen molar-refractivity contribution in [2.45, 2.75) is 25.5 Å². The van der Waals surface area contributed by atoms with Gasteiger partial charge in [0.15, 0.2) is 5.96 Å². The number of pyridine rings is 1. The quantitative estimate of drug-likeness (QED) is 0.796. The first-order chi connectivity index (χ1) is 13.7. The highest BCUT2D eigenvalue weighted by molar-refractivity contribution is 6.03. The molecule has 1 aromatic carbocycles. The normalized spacial score (nSPS) is 19.1. The molecular weight excluding hydrogens is 384 g/mol. The third-order valence-electron chi connectivity index (χ3n) is 4.51. The number of nitrogens with zero attached hydrogens (tertiary/aromatic N) is 3. The van der Waals surface area contributed by atoms with Gasteiger partial charge in [0.1, 0.15) is 11.4 Å². The number of anilines is 1. The third kappa shape index (κ3) is 4.48. The third-order valence-corrected chi connectivity index (χ3v) is 4.51. The van der Waals surface area contributed by atoms with Gasteiger partial charge in [0.25, 0.3) is 5.91 Å². The number of guanidine groups is 1. The number of nitrogens with one attached hydrogen (secondary N) is 1. The second-order valence-corrected chi connectivity index (χ2v) is 6.67. The maximum Gasteiger partial charge on any atom is 0.387 e. The summed E-state index contributed by atoms with van der Waals surface area (Å²) in [5.74, 6) is -0.717. The van der Waals surface area contributed by atoms with Crippen molar-refractivity contribution in [3.05, 3.63) is 53.9 Å². The second kappa shape index (κ2) is 7.82. The summed E-state index contributed by atoms with van der Waals surface area (Å²) >= 11 is 0. The van der Waals surface area contributed by atoms with Crippen molar-refractivity contribution in [3.63, 3.8) is 0 Å². The summed E-state index contributed by atoms with van der Waals surface area (Å²) in [6.45, 7) is -1.18. The molecule has 1 aliphatic heterocycles. The van der Waals surface area contributed by atoms with Crippen molar-refractivity contribution < 1.29 is 23.1 Å². The minimum Gasteiger partial charge on any atom is -0.433 e. The highest BCUT2D eigenvalue weighted by Crippen LogP contribution is 2.34. The Morgan fingerprint density at radius 2 is 2.10 bits per heavy atom. The SMILES string of the molecule is CN1C(=O)CC(C)(c2cccc(NC(=O)c3ccc(OC(F)F)cn3)c2)N=C1N. The molecule has 29 heavy (non-hydrogen) atoms. The van der Waals surface area contributed by atoms with E-state index in [1.165, 1.54) is 17.0 Å². The van der Waals surface area contributed by atoms with Crippen molar-refractivity contribution in [1.82, 2.24) is 9.88 Å². The Kier molecular flexibility index (Phi) is 5.44. The molecule has 0 saturated heterocycles. The first-order valence-electron chi connectivity index (χ1n) is 8.62. The Morgan fingerprint density at radius 1 is 1.34 bits per heavy atom. The maximum atomic E-state index is 12.4. The first-order valence-corrected chi connectivity index (χ1v) is 8.62. The van der Waals surface area contributed by atoms with E-state index in [0.29, 0.717) is 11.3 Å². The van der Waals surface area contributed by atoms with Gasteiger partial charge in [-0.15, -0.1) is 0 Å². The fourth-order valence-corrected chi connectivity index (χ4v) is 2.89. The molecule has 1 atom stereocenters. The standard InChI is InChI=1S/C19H19F2N5O3/c1-19(9-15(27)26(2)18(22)25-19)11-4-3-5-12(8-11)24-16(28)14-7-6-13(10-23-14)29-17(20)21/h3-8,10,17H,9H2,1-2H3,(H2,22,25)(H,24,28). The van der Waals surface area contributed by atoms with E-state index in [0.717, 1.165) is 6.20 Å². The molecule has 0 aliphatic carbocycles. The number of carbonyl (C=O) groups is 2. The Bertz CT molecular complexity index is 965. The zero-order valence-electron chi connectivity index (χ0n) is 15.7. The molecule has 3 N–H and O–H groups in total. The van der Waals surface area contributed by atoms with Gasteiger partial charge in [-0.25, -0.2) is 9.98 Å². The van der Waals surface area contributed by atoms with Crippen LogP contribution in [0.1, 0.15) is 29.4 Å². The van der Waals surface area contributed by atoms with Crippen LogP contribution in [0.15, 0.2) is 47.6 Å². The fourth-order valence-electron chi connectivity index (χ4n) is 2.89. The molecule has 1 aromatic heterocycles. The number of carbonyl (C=O) groups excluding carboxylic acids is 2. The van der Waals surface area contributed by atoms with Crippen LogP contribution in [-0.4, -0.2) is 41.3 Å². The van der Waals surface area contributed by atoms with Gasteiger partial charge in [-0.05, 0) is 36.8 Å². The number of hydrogen-bond donors (Lipinski definition) is 2. The Morgan fingerprint density at radius 3 is 2.72 bits per heavy atom. The molecule has 1 unspecified atom stereocenters. The monoisotopic (exact) mass is 403 g/mol. The number of benzene rings is 1. The largest absolute Gasteiger partial charge is 0.433 e. The molecule has 2 amide bonds. The van der Waals surface area contributed by atoms with Crippen molar-refractivity contribution in [2.24, 2.45) is 10.7 Å². The molecular formula is C19H19F2N5O3. The molecule has 0 fully saturated rings. The zero-order chi connectivity index (χ0) is 21.2. The van der Waals surface area contributed by atoms with Crippen LogP contribution in [0.3, 0.4) is 0 Å². The van der Waals surface area contributed by atoms with E-state index in [9.17, 15) is 18.4 Å². The van der Waals surface area contributed by atoms with Crippen LogP contribution in [0.25, 0.3) is 0 Å². The van der Waals surface area contributed by atoms with Crippen molar-refractivity contribution in [3.8, 4) is 5.75 Å². The van der Waals surface area contributed by atoms with Gasteiger partial charge in [-0.2, -0.15) is 8.78 Å². The van der Waals surface area contributed by atoms with Crippen molar-refractivity contribution in [2.75, 3.05) is 12.4 Å². The van der Waals surface area contributed by atoms with Gasteiger partial charge < -0.3 is 15.8 Å². The fraction of sp³-hybridized carbons (Fsp3) is 0.263. The minimum absolute atomic E-state index is 0.0277. The predicted octanol–water partition coefficient (Wildman–Crippen LogP) is 2.33. The smallest absolute Gasteiger partial charge is 0.387 e. The molecule has 8 nitrogen and oxygen atoms in total. The average molecular weight is 403 g/mol. The van der Waals surface area contributed by atoms with Gasteiger partial charge >= 0.3 is 6.61 Å². The molecule has 2 heterocycles. The van der Waals surface area contributed by atoms with Gasteiger partial charge in [0.05, 0.1) is 18.2 Å². The lowest BCUT2D eigenvalue weighted by atomic mass is 9.87. The summed E-state index contributed by atoms with van der Waals surface area (Å²) in [5.41, 5.74) is 6.17. The van der Waals surface area contributed by atoms with E-state index in [1.54, 1.807) is 38.2 Å². The zero-order valence-corrected chi connectivity index (χ0v) is 15.7. The molecule has 2 aromatic rings. The number of hydrogen-bond acceptors (Lipinski definition) is 6. The van der Waals surface area contributed by atoms with Crippen LogP contribution in [0.5, 0.6) is 5.75 Å². The number of rotatable bonds is 5. The van der Waals surface area contributed by atoms with E-state index < -0.39 is 18.1 Å². The lowest BCUT2D eigenvalue weighted by Gasteiger charge is -2.33. The molecule has 3 rings (SSSR count). The van der Waals surface area contributed by atoms with Gasteiger partial charge in [0.2, 0.25) is 5.91 Å². The number of amides is 2. The molecule has 10 heteroatoms. The van der Waals surface area contributed by atoms with Gasteiger partial charge in [-0.3, -0.25) is 14.5 Å². The Balaban J connectivity index is 1.78. The van der Waals surface area contributed by atoms with E-state index in [1.807, 2.05) is 0 Å². The van der Waals surface area contributed by atoms with Crippen molar-refractivity contribution in [1.29, 1.82) is 0 Å². The summed E-state index contributed by atoms with van der Waals surface area (Å²) in [6.07, 6.45) is 1.18. The van der Waals surface area contributed by atoms with E-state index in [4.69, 9.17) is 5.73 Å². The highest BCUT2D eigenvalue weighted by atomic mass is 19.3. The molecule has 1 aliphatic rings. The summed E-state index contributed by atoms with van der Waals surface area (Å²) < 4.78 is 28.6. The molecule has 0 bridgehead atoms. The molecule has 0 saturated carbocycles. The number of ether oxygens (including phenoxy) is 1. The predicted molar refractivity (Wildman–Crippen MR) is 102 cm³/mol.